The van der Waals surface area contributed by atoms with Gasteiger partial charge in [0.25, 0.3) is 11.6 Å². The number of hydrogen-bond acceptors (Lipinski definition) is 8. The molecule has 0 unspecified atom stereocenters. The molecule has 3 rings (SSSR count). The van der Waals surface area contributed by atoms with Crippen LogP contribution in [0.15, 0.2) is 28.8 Å². The molecule has 1 aromatic rings. The van der Waals surface area contributed by atoms with Crippen LogP contribution in [-0.4, -0.2) is 64.5 Å². The fraction of sp³-hybridized carbons (Fsp3) is 0.375. The molecule has 4 N–H and O–H groups in total. The van der Waals surface area contributed by atoms with Crippen LogP contribution in [0.1, 0.15) is 6.30 Å². The number of carbonyl (C=O) groups is 4. The average molecular weight is 451 g/mol. The maximum absolute atomic E-state index is 12.8. The van der Waals surface area contributed by atoms with Crippen molar-refractivity contribution in [3.05, 3.63) is 33.7 Å². The molecule has 2 atom stereocenters. The molecule has 1 fully saturated rings. The summed E-state index contributed by atoms with van der Waals surface area (Å²) >= 11 is 2.60. The number of primary amides is 1. The summed E-state index contributed by atoms with van der Waals surface area (Å²) in [4.78, 5) is 49.6. The Kier molecular flexibility index (Phi) is 7.76. The van der Waals surface area contributed by atoms with Crippen LogP contribution in [0.5, 0.6) is 0 Å². The SMILES string of the molecule is CO[C@@]1(NC(=O)Cc2cccs2)C(=O)N2C(C(=O)O)=C(COC(N)=O)CS[C@@H]21.[H-].[Na+]. The molecule has 2 aliphatic heterocycles. The van der Waals surface area contributed by atoms with Crippen molar-refractivity contribution in [3.63, 3.8) is 0 Å². The van der Waals surface area contributed by atoms with E-state index in [-0.39, 0.29) is 61.0 Å². The number of thioether (sulfide) groups is 1. The Morgan fingerprint density at radius 3 is 2.76 bits per heavy atom. The maximum Gasteiger partial charge on any atom is 1.00 e. The number of methoxy groups -OCH3 is 1. The number of thiophene rings is 1. The van der Waals surface area contributed by atoms with E-state index in [1.54, 1.807) is 6.07 Å². The molecule has 29 heavy (non-hydrogen) atoms. The number of fused-ring (bicyclic) bond motifs is 1. The summed E-state index contributed by atoms with van der Waals surface area (Å²) in [6, 6.07) is 3.61. The Labute approximate surface area is 197 Å². The van der Waals surface area contributed by atoms with Crippen LogP contribution in [0.4, 0.5) is 4.79 Å². The van der Waals surface area contributed by atoms with Crippen LogP contribution in [0, 0.1) is 0 Å². The minimum atomic E-state index is -1.66. The first-order chi connectivity index (χ1) is 13.3. The molecule has 0 saturated carbocycles. The predicted molar refractivity (Wildman–Crippen MR) is 100 cm³/mol. The summed E-state index contributed by atoms with van der Waals surface area (Å²) in [6.45, 7) is -0.342. The van der Waals surface area contributed by atoms with Gasteiger partial charge in [-0.2, -0.15) is 0 Å². The van der Waals surface area contributed by atoms with Gasteiger partial charge in [0.15, 0.2) is 0 Å². The minimum absolute atomic E-state index is 0. The number of amides is 3. The van der Waals surface area contributed by atoms with Crippen LogP contribution < -0.4 is 40.6 Å². The van der Waals surface area contributed by atoms with Gasteiger partial charge in [0.05, 0.1) is 6.42 Å². The van der Waals surface area contributed by atoms with Crippen LogP contribution in [-0.2, 0) is 30.3 Å². The number of carbonyl (C=O) groups excluding carboxylic acids is 3. The van der Waals surface area contributed by atoms with Crippen LogP contribution >= 0.6 is 23.1 Å². The number of hydrogen-bond donors (Lipinski definition) is 3. The monoisotopic (exact) mass is 451 g/mol. The number of nitrogens with two attached hydrogens (primary N) is 1. The molecule has 3 heterocycles. The first-order valence-corrected chi connectivity index (χ1v) is 9.94. The summed E-state index contributed by atoms with van der Waals surface area (Å²) in [5.74, 6) is -2.31. The van der Waals surface area contributed by atoms with Gasteiger partial charge >= 0.3 is 41.6 Å². The van der Waals surface area contributed by atoms with Crippen LogP contribution in [0.25, 0.3) is 0 Å². The van der Waals surface area contributed by atoms with Gasteiger partial charge in [-0.3, -0.25) is 14.5 Å². The van der Waals surface area contributed by atoms with E-state index < -0.39 is 35.0 Å². The number of nitrogens with one attached hydrogen (secondary N) is 1. The van der Waals surface area contributed by atoms with Gasteiger partial charge in [-0.25, -0.2) is 9.59 Å². The minimum Gasteiger partial charge on any atom is -1.00 e. The molecule has 2 aliphatic rings. The first-order valence-electron chi connectivity index (χ1n) is 8.01. The third-order valence-electron chi connectivity index (χ3n) is 4.26. The van der Waals surface area contributed by atoms with Crippen LogP contribution in [0.3, 0.4) is 0 Å². The summed E-state index contributed by atoms with van der Waals surface area (Å²) < 4.78 is 10.0. The van der Waals surface area contributed by atoms with Gasteiger partial charge in [0.2, 0.25) is 5.91 Å². The Morgan fingerprint density at radius 2 is 2.21 bits per heavy atom. The zero-order valence-electron chi connectivity index (χ0n) is 16.7. The summed E-state index contributed by atoms with van der Waals surface area (Å²) in [5.41, 5.74) is 3.20. The van der Waals surface area contributed by atoms with Crippen molar-refractivity contribution in [1.82, 2.24) is 10.2 Å². The van der Waals surface area contributed by atoms with E-state index in [4.69, 9.17) is 10.5 Å². The van der Waals surface area contributed by atoms with Crippen molar-refractivity contribution in [3.8, 4) is 0 Å². The number of nitrogens with zero attached hydrogens (tertiary/aromatic N) is 1. The second-order valence-electron chi connectivity index (χ2n) is 5.95. The maximum atomic E-state index is 12.8. The molecule has 0 radical (unpaired) electrons. The first kappa shape index (κ1) is 23.7. The second kappa shape index (κ2) is 9.49. The quantitative estimate of drug-likeness (QED) is 0.229. The largest absolute Gasteiger partial charge is 1.00 e. The molecule has 0 aromatic carbocycles. The summed E-state index contributed by atoms with van der Waals surface area (Å²) in [5, 5.41) is 13.2. The van der Waals surface area contributed by atoms with E-state index >= 15 is 0 Å². The third-order valence-corrected chi connectivity index (χ3v) is 6.51. The summed E-state index contributed by atoms with van der Waals surface area (Å²) in [7, 11) is 1.27. The Hall–Kier alpha value is -1.57. The van der Waals surface area contributed by atoms with Crippen molar-refractivity contribution < 1.29 is 64.7 Å². The summed E-state index contributed by atoms with van der Waals surface area (Å²) in [6.07, 6.45) is -0.973. The topological polar surface area (TPSA) is 148 Å². The molecular formula is C16H18N3NaO7S2. The Morgan fingerprint density at radius 1 is 1.48 bits per heavy atom. The van der Waals surface area contributed by atoms with E-state index in [0.29, 0.717) is 0 Å². The normalized spacial score (nSPS) is 22.9. The fourth-order valence-corrected chi connectivity index (χ4v) is 5.16. The van der Waals surface area contributed by atoms with Crippen molar-refractivity contribution >= 4 is 47.0 Å². The Balaban J connectivity index is 0.00000225. The third kappa shape index (κ3) is 4.47. The Bertz CT molecular complexity index is 867. The molecular weight excluding hydrogens is 433 g/mol. The number of aliphatic carboxylic acids is 1. The van der Waals surface area contributed by atoms with Gasteiger partial charge in [-0.1, -0.05) is 6.07 Å². The van der Waals surface area contributed by atoms with E-state index in [1.807, 2.05) is 11.4 Å². The molecule has 10 nitrogen and oxygen atoms in total. The number of β-lactam (4-membered cyclic amide) rings is 1. The molecule has 3 amide bonds. The molecule has 0 aliphatic carbocycles. The molecule has 13 heteroatoms. The standard InChI is InChI=1S/C16H17N3O7S2.Na.H/c1-25-16(18-10(20)5-9-3-2-4-27-9)13(23)19-11(12(21)22)8(6-26-15(17)24)7-28-14(16)19;;/h2-4,14H,5-7H2,1H3,(H2,17,24)(H,18,20)(H,21,22);;/q;+1;-1/t14-,16+;;/m1../s1. The van der Waals surface area contributed by atoms with E-state index in [2.05, 4.69) is 10.1 Å². The molecule has 1 aromatic heterocycles. The zero-order chi connectivity index (χ0) is 20.5. The van der Waals surface area contributed by atoms with Crippen LogP contribution in [0.2, 0.25) is 0 Å². The van der Waals surface area contributed by atoms with Gasteiger partial charge in [-0.05, 0) is 11.4 Å². The number of carboxylic acids is 1. The van der Waals surface area contributed by atoms with Crippen molar-refractivity contribution in [2.75, 3.05) is 19.5 Å². The molecule has 0 bridgehead atoms. The predicted octanol–water partition coefficient (Wildman–Crippen LogP) is -2.78. The van der Waals surface area contributed by atoms with Gasteiger partial charge < -0.3 is 27.1 Å². The van der Waals surface area contributed by atoms with Crippen molar-refractivity contribution in [1.29, 1.82) is 0 Å². The number of rotatable bonds is 7. The fourth-order valence-electron chi connectivity index (χ4n) is 3.04. The average Bonchev–Trinajstić information content (AvgIpc) is 3.15. The van der Waals surface area contributed by atoms with Gasteiger partial charge in [-0.15, -0.1) is 23.1 Å². The van der Waals surface area contributed by atoms with Gasteiger partial charge in [0, 0.05) is 23.3 Å². The van der Waals surface area contributed by atoms with Gasteiger partial charge in [0.1, 0.15) is 17.7 Å². The van der Waals surface area contributed by atoms with E-state index in [9.17, 15) is 24.3 Å². The van der Waals surface area contributed by atoms with E-state index in [0.717, 1.165) is 9.78 Å². The van der Waals surface area contributed by atoms with Crippen molar-refractivity contribution in [2.45, 2.75) is 17.5 Å². The molecule has 1 saturated heterocycles. The number of carboxylic acid groups (broad SMARTS) is 1. The second-order valence-corrected chi connectivity index (χ2v) is 8.05. The molecule has 0 spiro atoms. The smallest absolute Gasteiger partial charge is 1.00 e. The number of ether oxygens (including phenoxy) is 2. The van der Waals surface area contributed by atoms with E-state index in [1.165, 1.54) is 30.2 Å². The molecule has 152 valence electrons. The van der Waals surface area contributed by atoms with Crippen molar-refractivity contribution in [2.24, 2.45) is 5.73 Å². The zero-order valence-corrected chi connectivity index (χ0v) is 19.3.